The summed E-state index contributed by atoms with van der Waals surface area (Å²) in [5, 5.41) is 4.22. The summed E-state index contributed by atoms with van der Waals surface area (Å²) in [7, 11) is 2.69. The fourth-order valence-electron chi connectivity index (χ4n) is 3.51. The molecule has 1 aliphatic rings. The number of methoxy groups -OCH3 is 2. The molecule has 4 atom stereocenters. The van der Waals surface area contributed by atoms with Crippen molar-refractivity contribution in [2.75, 3.05) is 20.8 Å². The van der Waals surface area contributed by atoms with E-state index in [1.807, 2.05) is 0 Å². The highest BCUT2D eigenvalue weighted by molar-refractivity contribution is 5.85. The van der Waals surface area contributed by atoms with Crippen molar-refractivity contribution in [1.29, 1.82) is 0 Å². The first kappa shape index (κ1) is 25.6. The van der Waals surface area contributed by atoms with Crippen molar-refractivity contribution in [1.82, 2.24) is 14.8 Å². The third kappa shape index (κ3) is 5.93. The van der Waals surface area contributed by atoms with Crippen LogP contribution in [0, 0.1) is 0 Å². The number of ether oxygens (including phenoxy) is 6. The van der Waals surface area contributed by atoms with Crippen LogP contribution in [0.2, 0.25) is 0 Å². The second-order valence-electron chi connectivity index (χ2n) is 7.44. The molecule has 3 rings (SSSR count). The third-order valence-corrected chi connectivity index (χ3v) is 4.93. The first-order valence-electron chi connectivity index (χ1n) is 10.5. The van der Waals surface area contributed by atoms with Gasteiger partial charge in [0.1, 0.15) is 18.5 Å². The van der Waals surface area contributed by atoms with Crippen molar-refractivity contribution in [3.63, 3.8) is 0 Å². The molecule has 1 aromatic heterocycles. The summed E-state index contributed by atoms with van der Waals surface area (Å²) in [5.74, 6) is -2.29. The van der Waals surface area contributed by atoms with Gasteiger partial charge in [0.25, 0.3) is 5.82 Å². The lowest BCUT2D eigenvalue weighted by Gasteiger charge is -2.23. The summed E-state index contributed by atoms with van der Waals surface area (Å²) >= 11 is 0. The number of hydrogen-bond acceptors (Lipinski definition) is 12. The molecule has 0 N–H and O–H groups in total. The lowest BCUT2D eigenvalue weighted by Crippen LogP contribution is -2.40. The zero-order valence-corrected chi connectivity index (χ0v) is 19.8. The SMILES string of the molecule is COC(=O)c1nc(-c2ccc(OC)cc2)n([C@@H]2O[C@H](COC(C)=O)[C@@H](OC(C)=O)[C@H]2OC(C)=O)n1. The lowest BCUT2D eigenvalue weighted by atomic mass is 10.1. The van der Waals surface area contributed by atoms with Gasteiger partial charge >= 0.3 is 23.9 Å². The van der Waals surface area contributed by atoms with Crippen LogP contribution in [0.4, 0.5) is 0 Å². The van der Waals surface area contributed by atoms with Gasteiger partial charge in [-0.25, -0.2) is 14.5 Å². The largest absolute Gasteiger partial charge is 0.497 e. The number of rotatable bonds is 8. The quantitative estimate of drug-likeness (QED) is 0.383. The Morgan fingerprint density at radius 2 is 1.57 bits per heavy atom. The molecule has 0 unspecified atom stereocenters. The standard InChI is InChI=1S/C22H25N3O10/c1-11(26)32-10-16-17(33-12(2)27)18(34-13(3)28)21(35-16)25-20(23-19(24-25)22(29)31-5)14-6-8-15(30-4)9-7-14/h6-9,16-18,21H,10H2,1-5H3/t16-,17-,18-,21-/m1/s1. The first-order valence-corrected chi connectivity index (χ1v) is 10.5. The Labute approximate surface area is 200 Å². The van der Waals surface area contributed by atoms with Gasteiger partial charge in [0.2, 0.25) is 0 Å². The molecule has 1 aliphatic heterocycles. The summed E-state index contributed by atoms with van der Waals surface area (Å²) < 4.78 is 33.0. The van der Waals surface area contributed by atoms with E-state index in [9.17, 15) is 19.2 Å². The van der Waals surface area contributed by atoms with Crippen molar-refractivity contribution in [2.45, 2.75) is 45.3 Å². The maximum Gasteiger partial charge on any atom is 0.377 e. The number of aromatic nitrogens is 3. The van der Waals surface area contributed by atoms with Crippen molar-refractivity contribution in [2.24, 2.45) is 0 Å². The molecule has 13 heteroatoms. The van der Waals surface area contributed by atoms with Crippen LogP contribution in [0.1, 0.15) is 37.6 Å². The molecule has 1 fully saturated rings. The maximum atomic E-state index is 12.2. The normalized spacial score (nSPS) is 21.2. The van der Waals surface area contributed by atoms with Gasteiger partial charge in [-0.15, -0.1) is 5.10 Å². The lowest BCUT2D eigenvalue weighted by molar-refractivity contribution is -0.166. The van der Waals surface area contributed by atoms with Crippen molar-refractivity contribution in [3.05, 3.63) is 30.1 Å². The van der Waals surface area contributed by atoms with Crippen LogP contribution in [0.3, 0.4) is 0 Å². The number of carbonyl (C=O) groups excluding carboxylic acids is 4. The van der Waals surface area contributed by atoms with Gasteiger partial charge in [-0.3, -0.25) is 14.4 Å². The van der Waals surface area contributed by atoms with Crippen molar-refractivity contribution >= 4 is 23.9 Å². The molecule has 0 amide bonds. The number of carbonyl (C=O) groups is 4. The summed E-state index contributed by atoms with van der Waals surface area (Å²) in [6, 6.07) is 6.71. The molecule has 1 saturated heterocycles. The van der Waals surface area contributed by atoms with Crippen LogP contribution in [-0.4, -0.2) is 77.8 Å². The Kier molecular flexibility index (Phi) is 8.02. The van der Waals surface area contributed by atoms with E-state index in [1.165, 1.54) is 39.7 Å². The summed E-state index contributed by atoms with van der Waals surface area (Å²) in [6.07, 6.45) is -4.56. The first-order chi connectivity index (χ1) is 16.6. The minimum absolute atomic E-state index is 0.171. The maximum absolute atomic E-state index is 12.2. The fourth-order valence-corrected chi connectivity index (χ4v) is 3.51. The summed E-state index contributed by atoms with van der Waals surface area (Å²) in [5.41, 5.74) is 0.520. The van der Waals surface area contributed by atoms with Gasteiger partial charge in [-0.2, -0.15) is 0 Å². The van der Waals surface area contributed by atoms with E-state index in [0.29, 0.717) is 11.3 Å². The van der Waals surface area contributed by atoms with Crippen LogP contribution in [0.25, 0.3) is 11.4 Å². The smallest absolute Gasteiger partial charge is 0.377 e. The van der Waals surface area contributed by atoms with E-state index in [4.69, 9.17) is 28.4 Å². The predicted octanol–water partition coefficient (Wildman–Crippen LogP) is 1.06. The average Bonchev–Trinajstić information content (AvgIpc) is 3.39. The highest BCUT2D eigenvalue weighted by atomic mass is 16.7. The zero-order valence-electron chi connectivity index (χ0n) is 19.8. The van der Waals surface area contributed by atoms with E-state index in [1.54, 1.807) is 24.3 Å². The molecule has 2 heterocycles. The van der Waals surface area contributed by atoms with Gasteiger partial charge in [0.15, 0.2) is 24.3 Å². The molecule has 188 valence electrons. The molecule has 1 aromatic carbocycles. The predicted molar refractivity (Wildman–Crippen MR) is 115 cm³/mol. The van der Waals surface area contributed by atoms with Gasteiger partial charge in [-0.05, 0) is 24.3 Å². The Bertz CT molecular complexity index is 1100. The zero-order chi connectivity index (χ0) is 25.7. The van der Waals surface area contributed by atoms with Crippen LogP contribution >= 0.6 is 0 Å². The van der Waals surface area contributed by atoms with Crippen molar-refractivity contribution < 1.29 is 47.6 Å². The fraction of sp³-hybridized carbons (Fsp3) is 0.455. The van der Waals surface area contributed by atoms with Crippen LogP contribution in [0.15, 0.2) is 24.3 Å². The van der Waals surface area contributed by atoms with E-state index >= 15 is 0 Å². The van der Waals surface area contributed by atoms with Crippen LogP contribution < -0.4 is 4.74 Å². The van der Waals surface area contributed by atoms with Gasteiger partial charge < -0.3 is 28.4 Å². The van der Waals surface area contributed by atoms with Crippen molar-refractivity contribution in [3.8, 4) is 17.1 Å². The molecule has 0 radical (unpaired) electrons. The second kappa shape index (κ2) is 11.0. The summed E-state index contributed by atoms with van der Waals surface area (Å²) in [4.78, 5) is 51.6. The van der Waals surface area contributed by atoms with Gasteiger partial charge in [-0.1, -0.05) is 0 Å². The Hall–Kier alpha value is -4.00. The second-order valence-corrected chi connectivity index (χ2v) is 7.44. The number of nitrogens with zero attached hydrogens (tertiary/aromatic N) is 3. The minimum atomic E-state index is -1.21. The summed E-state index contributed by atoms with van der Waals surface area (Å²) in [6.45, 7) is 3.26. The third-order valence-electron chi connectivity index (χ3n) is 4.93. The van der Waals surface area contributed by atoms with Gasteiger partial charge in [0, 0.05) is 26.3 Å². The monoisotopic (exact) mass is 491 g/mol. The van der Waals surface area contributed by atoms with Gasteiger partial charge in [0.05, 0.1) is 14.2 Å². The molecule has 2 aromatic rings. The van der Waals surface area contributed by atoms with E-state index in [2.05, 4.69) is 10.1 Å². The Morgan fingerprint density at radius 3 is 2.11 bits per heavy atom. The minimum Gasteiger partial charge on any atom is -0.497 e. The Morgan fingerprint density at radius 1 is 0.943 bits per heavy atom. The average molecular weight is 491 g/mol. The molecule has 0 bridgehead atoms. The highest BCUT2D eigenvalue weighted by Crippen LogP contribution is 2.36. The van der Waals surface area contributed by atoms with E-state index < -0.39 is 48.4 Å². The van der Waals surface area contributed by atoms with E-state index in [0.717, 1.165) is 0 Å². The molecule has 13 nitrogen and oxygen atoms in total. The Balaban J connectivity index is 2.11. The van der Waals surface area contributed by atoms with E-state index in [-0.39, 0.29) is 18.3 Å². The molecule has 35 heavy (non-hydrogen) atoms. The van der Waals surface area contributed by atoms with Crippen LogP contribution in [-0.2, 0) is 38.1 Å². The molecule has 0 saturated carbocycles. The number of hydrogen-bond donors (Lipinski definition) is 0. The highest BCUT2D eigenvalue weighted by Gasteiger charge is 2.52. The molecule has 0 spiro atoms. The molecule has 0 aliphatic carbocycles. The topological polar surface area (TPSA) is 154 Å². The molecular weight excluding hydrogens is 466 g/mol. The molecular formula is C22H25N3O10. The number of benzene rings is 1. The van der Waals surface area contributed by atoms with Crippen LogP contribution in [0.5, 0.6) is 5.75 Å². The number of esters is 4.